The molecule has 1 aromatic rings. The number of hydrogen-bond donors (Lipinski definition) is 2. The summed E-state index contributed by atoms with van der Waals surface area (Å²) in [7, 11) is -3.87. The van der Waals surface area contributed by atoms with E-state index in [0.29, 0.717) is 0 Å². The summed E-state index contributed by atoms with van der Waals surface area (Å²) in [4.78, 5) is 11.0. The van der Waals surface area contributed by atoms with Gasteiger partial charge in [0.1, 0.15) is 11.9 Å². The van der Waals surface area contributed by atoms with E-state index in [0.717, 1.165) is 6.07 Å². The topological polar surface area (TPSA) is 83.5 Å². The summed E-state index contributed by atoms with van der Waals surface area (Å²) >= 11 is 2.97. The molecular formula is C12H15BrFNO4S. The Morgan fingerprint density at radius 3 is 2.50 bits per heavy atom. The molecule has 0 aliphatic carbocycles. The second kappa shape index (κ2) is 6.64. The van der Waals surface area contributed by atoms with E-state index in [1.165, 1.54) is 12.1 Å². The number of rotatable bonds is 6. The molecule has 0 aliphatic rings. The van der Waals surface area contributed by atoms with E-state index >= 15 is 0 Å². The van der Waals surface area contributed by atoms with Gasteiger partial charge in [0.2, 0.25) is 10.0 Å². The van der Waals surface area contributed by atoms with Crippen molar-refractivity contribution in [1.29, 1.82) is 0 Å². The Balaban J connectivity index is 2.89. The van der Waals surface area contributed by atoms with Crippen LogP contribution in [0.2, 0.25) is 0 Å². The van der Waals surface area contributed by atoms with Crippen LogP contribution in [0.1, 0.15) is 19.4 Å². The van der Waals surface area contributed by atoms with Gasteiger partial charge in [-0.1, -0.05) is 19.9 Å². The maximum Gasteiger partial charge on any atom is 0.321 e. The second-order valence-corrected chi connectivity index (χ2v) is 7.29. The average molecular weight is 368 g/mol. The Hall–Kier alpha value is -0.990. The Labute approximate surface area is 125 Å². The molecule has 1 unspecified atom stereocenters. The zero-order valence-corrected chi connectivity index (χ0v) is 13.3. The zero-order valence-electron chi connectivity index (χ0n) is 10.9. The monoisotopic (exact) mass is 367 g/mol. The van der Waals surface area contributed by atoms with E-state index in [1.54, 1.807) is 13.8 Å². The number of carboxylic acids is 1. The van der Waals surface area contributed by atoms with Crippen LogP contribution in [0.15, 0.2) is 22.7 Å². The largest absolute Gasteiger partial charge is 0.480 e. The molecule has 8 heteroatoms. The fourth-order valence-electron chi connectivity index (χ4n) is 1.56. The molecule has 1 aromatic carbocycles. The normalized spacial score (nSPS) is 13.4. The van der Waals surface area contributed by atoms with E-state index in [-0.39, 0.29) is 10.0 Å². The van der Waals surface area contributed by atoms with Crippen LogP contribution in [0.25, 0.3) is 0 Å². The number of sulfonamides is 1. The van der Waals surface area contributed by atoms with E-state index in [4.69, 9.17) is 5.11 Å². The van der Waals surface area contributed by atoms with E-state index < -0.39 is 39.5 Å². The smallest absolute Gasteiger partial charge is 0.321 e. The van der Waals surface area contributed by atoms with Crippen molar-refractivity contribution in [2.45, 2.75) is 25.6 Å². The number of benzene rings is 1. The van der Waals surface area contributed by atoms with Crippen molar-refractivity contribution in [1.82, 2.24) is 4.72 Å². The molecule has 2 N–H and O–H groups in total. The predicted molar refractivity (Wildman–Crippen MR) is 76.1 cm³/mol. The van der Waals surface area contributed by atoms with Crippen molar-refractivity contribution < 1.29 is 22.7 Å². The van der Waals surface area contributed by atoms with E-state index in [2.05, 4.69) is 20.7 Å². The van der Waals surface area contributed by atoms with Crippen LogP contribution < -0.4 is 4.72 Å². The Bertz CT molecular complexity index is 603. The van der Waals surface area contributed by atoms with Crippen LogP contribution in [0.5, 0.6) is 0 Å². The van der Waals surface area contributed by atoms with Gasteiger partial charge in [-0.25, -0.2) is 17.5 Å². The molecule has 1 rings (SSSR count). The molecule has 0 spiro atoms. The minimum absolute atomic E-state index is 0.234. The van der Waals surface area contributed by atoms with Gasteiger partial charge in [0.15, 0.2) is 0 Å². The Morgan fingerprint density at radius 1 is 1.45 bits per heavy atom. The van der Waals surface area contributed by atoms with Crippen molar-refractivity contribution in [2.24, 2.45) is 5.92 Å². The zero-order chi connectivity index (χ0) is 15.5. The SMILES string of the molecule is CC(C)C(NS(=O)(=O)Cc1ccc(Br)c(F)c1)C(=O)O. The van der Waals surface area contributed by atoms with Gasteiger partial charge >= 0.3 is 5.97 Å². The molecule has 0 heterocycles. The summed E-state index contributed by atoms with van der Waals surface area (Å²) in [6.07, 6.45) is 0. The lowest BCUT2D eigenvalue weighted by Crippen LogP contribution is -2.44. The molecule has 0 bridgehead atoms. The van der Waals surface area contributed by atoms with Gasteiger partial charge in [-0.15, -0.1) is 0 Å². The number of carbonyl (C=O) groups is 1. The van der Waals surface area contributed by atoms with Gasteiger partial charge in [0, 0.05) is 0 Å². The highest BCUT2D eigenvalue weighted by Crippen LogP contribution is 2.18. The molecule has 112 valence electrons. The highest BCUT2D eigenvalue weighted by atomic mass is 79.9. The van der Waals surface area contributed by atoms with Gasteiger partial charge in [-0.3, -0.25) is 4.79 Å². The van der Waals surface area contributed by atoms with Crippen molar-refractivity contribution in [3.05, 3.63) is 34.1 Å². The highest BCUT2D eigenvalue weighted by molar-refractivity contribution is 9.10. The summed E-state index contributed by atoms with van der Waals surface area (Å²) in [5, 5.41) is 8.96. The summed E-state index contributed by atoms with van der Waals surface area (Å²) in [6, 6.07) is 2.74. The average Bonchev–Trinajstić information content (AvgIpc) is 2.30. The summed E-state index contributed by atoms with van der Waals surface area (Å²) < 4.78 is 39.5. The standard InChI is InChI=1S/C12H15BrFNO4S/c1-7(2)11(12(16)17)15-20(18,19)6-8-3-4-9(13)10(14)5-8/h3-5,7,11,15H,6H2,1-2H3,(H,16,17). The van der Waals surface area contributed by atoms with Crippen molar-refractivity contribution in [3.8, 4) is 0 Å². The van der Waals surface area contributed by atoms with Crippen LogP contribution in [-0.2, 0) is 20.6 Å². The van der Waals surface area contributed by atoms with Crippen molar-refractivity contribution >= 4 is 31.9 Å². The van der Waals surface area contributed by atoms with Crippen LogP contribution in [0.3, 0.4) is 0 Å². The van der Waals surface area contributed by atoms with Crippen molar-refractivity contribution in [2.75, 3.05) is 0 Å². The number of nitrogens with one attached hydrogen (secondary N) is 1. The molecule has 1 atom stereocenters. The van der Waals surface area contributed by atoms with Crippen LogP contribution in [0, 0.1) is 11.7 Å². The fourth-order valence-corrected chi connectivity index (χ4v) is 3.26. The van der Waals surface area contributed by atoms with Gasteiger partial charge in [0.05, 0.1) is 10.2 Å². The molecule has 0 amide bonds. The van der Waals surface area contributed by atoms with Crippen molar-refractivity contribution in [3.63, 3.8) is 0 Å². The third-order valence-corrected chi connectivity index (χ3v) is 4.55. The minimum atomic E-state index is -3.87. The molecule has 0 aromatic heterocycles. The summed E-state index contributed by atoms with van der Waals surface area (Å²) in [5.74, 6) is -2.70. The number of aliphatic carboxylic acids is 1. The van der Waals surface area contributed by atoms with E-state index in [1.807, 2.05) is 0 Å². The van der Waals surface area contributed by atoms with Gasteiger partial charge in [-0.05, 0) is 39.5 Å². The maximum atomic E-state index is 13.3. The first kappa shape index (κ1) is 17.1. The molecular weight excluding hydrogens is 353 g/mol. The molecule has 0 fully saturated rings. The van der Waals surface area contributed by atoms with Crippen LogP contribution in [-0.4, -0.2) is 25.5 Å². The summed E-state index contributed by atoms with van der Waals surface area (Å²) in [6.45, 7) is 3.20. The van der Waals surface area contributed by atoms with Crippen LogP contribution in [0.4, 0.5) is 4.39 Å². The molecule has 0 saturated carbocycles. The first-order chi connectivity index (χ1) is 9.12. The molecule has 0 radical (unpaired) electrons. The molecule has 0 saturated heterocycles. The third kappa shape index (κ3) is 4.84. The van der Waals surface area contributed by atoms with Gasteiger partial charge < -0.3 is 5.11 Å². The number of carboxylic acid groups (broad SMARTS) is 1. The lowest BCUT2D eigenvalue weighted by Gasteiger charge is -2.18. The fraction of sp³-hybridized carbons (Fsp3) is 0.417. The molecule has 0 aliphatic heterocycles. The van der Waals surface area contributed by atoms with Crippen LogP contribution >= 0.6 is 15.9 Å². The molecule has 20 heavy (non-hydrogen) atoms. The minimum Gasteiger partial charge on any atom is -0.480 e. The summed E-state index contributed by atoms with van der Waals surface area (Å²) in [5.41, 5.74) is 0.242. The molecule has 5 nitrogen and oxygen atoms in total. The lowest BCUT2D eigenvalue weighted by molar-refractivity contribution is -0.140. The maximum absolute atomic E-state index is 13.3. The predicted octanol–water partition coefficient (Wildman–Crippen LogP) is 2.12. The van der Waals surface area contributed by atoms with E-state index in [9.17, 15) is 17.6 Å². The quantitative estimate of drug-likeness (QED) is 0.806. The van der Waals surface area contributed by atoms with Gasteiger partial charge in [0.25, 0.3) is 0 Å². The Morgan fingerprint density at radius 2 is 2.05 bits per heavy atom. The third-order valence-electron chi connectivity index (χ3n) is 2.58. The first-order valence-electron chi connectivity index (χ1n) is 5.79. The highest BCUT2D eigenvalue weighted by Gasteiger charge is 2.27. The Kier molecular flexibility index (Phi) is 5.67. The lowest BCUT2D eigenvalue weighted by atomic mass is 10.1. The number of halogens is 2. The first-order valence-corrected chi connectivity index (χ1v) is 8.23. The van der Waals surface area contributed by atoms with Gasteiger partial charge in [-0.2, -0.15) is 0 Å². The number of hydrogen-bond acceptors (Lipinski definition) is 3. The second-order valence-electron chi connectivity index (χ2n) is 4.69.